The van der Waals surface area contributed by atoms with E-state index in [-0.39, 0.29) is 25.0 Å². The van der Waals surface area contributed by atoms with E-state index in [2.05, 4.69) is 0 Å². The Morgan fingerprint density at radius 2 is 2.04 bits per heavy atom. The normalized spacial score (nSPS) is 21.3. The van der Waals surface area contributed by atoms with E-state index in [4.69, 9.17) is 5.26 Å². The third-order valence-corrected chi connectivity index (χ3v) is 5.22. The van der Waals surface area contributed by atoms with Crippen molar-refractivity contribution in [2.24, 2.45) is 5.92 Å². The van der Waals surface area contributed by atoms with E-state index < -0.39 is 23.3 Å². The molecule has 1 aliphatic carbocycles. The highest BCUT2D eigenvalue weighted by Crippen LogP contribution is 2.35. The van der Waals surface area contributed by atoms with E-state index in [1.165, 1.54) is 6.07 Å². The van der Waals surface area contributed by atoms with Gasteiger partial charge in [-0.1, -0.05) is 6.42 Å². The maximum atomic E-state index is 13.2. The third kappa shape index (κ3) is 3.49. The molecule has 1 N–H and O–H groups in total. The third-order valence-electron chi connectivity index (χ3n) is 5.22. The van der Waals surface area contributed by atoms with Gasteiger partial charge in [-0.2, -0.15) is 18.4 Å². The van der Waals surface area contributed by atoms with Gasteiger partial charge in [-0.25, -0.2) is 0 Å². The fraction of sp³-hybridized carbons (Fsp3) is 0.556. The van der Waals surface area contributed by atoms with E-state index in [0.717, 1.165) is 31.4 Å². The first-order chi connectivity index (χ1) is 12.3. The van der Waals surface area contributed by atoms with Gasteiger partial charge in [0, 0.05) is 31.2 Å². The minimum Gasteiger partial charge on any atom is -0.394 e. The molecule has 1 aliphatic heterocycles. The summed E-state index contributed by atoms with van der Waals surface area (Å²) in [5, 5.41) is 18.6. The Hall–Kier alpha value is -2.27. The monoisotopic (exact) mass is 367 g/mol. The number of rotatable bonds is 3. The molecule has 2 aliphatic rings. The second kappa shape index (κ2) is 7.16. The van der Waals surface area contributed by atoms with Gasteiger partial charge in [0.05, 0.1) is 29.8 Å². The summed E-state index contributed by atoms with van der Waals surface area (Å²) in [7, 11) is 0. The van der Waals surface area contributed by atoms with E-state index in [1.807, 2.05) is 0 Å². The molecule has 1 saturated heterocycles. The zero-order valence-corrected chi connectivity index (χ0v) is 14.2. The molecule has 1 amide bonds. The quantitative estimate of drug-likeness (QED) is 0.891. The molecule has 26 heavy (non-hydrogen) atoms. The first kappa shape index (κ1) is 18.5. The summed E-state index contributed by atoms with van der Waals surface area (Å²) in [6, 6.07) is 4.65. The largest absolute Gasteiger partial charge is 0.417 e. The van der Waals surface area contributed by atoms with E-state index >= 15 is 0 Å². The average molecular weight is 367 g/mol. The van der Waals surface area contributed by atoms with Gasteiger partial charge < -0.3 is 14.9 Å². The molecule has 0 spiro atoms. The Morgan fingerprint density at radius 3 is 2.58 bits per heavy atom. The SMILES string of the molecule is N#Cc1ccc(N2CCN(C(=O)C3CCC3)CC2CO)cc1C(F)(F)F. The predicted octanol–water partition coefficient (Wildman–Crippen LogP) is 2.39. The van der Waals surface area contributed by atoms with E-state index in [1.54, 1.807) is 15.9 Å². The Kier molecular flexibility index (Phi) is 5.10. The van der Waals surface area contributed by atoms with Crippen LogP contribution in [0, 0.1) is 17.2 Å². The lowest BCUT2D eigenvalue weighted by molar-refractivity contribution is -0.139. The first-order valence-corrected chi connectivity index (χ1v) is 8.62. The fourth-order valence-corrected chi connectivity index (χ4v) is 3.51. The van der Waals surface area contributed by atoms with Crippen LogP contribution in [-0.4, -0.2) is 48.2 Å². The summed E-state index contributed by atoms with van der Waals surface area (Å²) in [5.74, 6) is 0.123. The van der Waals surface area contributed by atoms with Crippen LogP contribution in [0.15, 0.2) is 18.2 Å². The molecule has 1 unspecified atom stereocenters. The van der Waals surface area contributed by atoms with Gasteiger partial charge in [0.2, 0.25) is 5.91 Å². The first-order valence-electron chi connectivity index (χ1n) is 8.62. The van der Waals surface area contributed by atoms with Crippen LogP contribution in [0.1, 0.15) is 30.4 Å². The van der Waals surface area contributed by atoms with Gasteiger partial charge in [-0.05, 0) is 31.0 Å². The van der Waals surface area contributed by atoms with Crippen molar-refractivity contribution in [2.45, 2.75) is 31.5 Å². The number of nitriles is 1. The van der Waals surface area contributed by atoms with Crippen LogP contribution in [0.5, 0.6) is 0 Å². The molecule has 1 atom stereocenters. The van der Waals surface area contributed by atoms with Crippen molar-refractivity contribution < 1.29 is 23.1 Å². The number of benzene rings is 1. The van der Waals surface area contributed by atoms with Gasteiger partial charge in [-0.15, -0.1) is 0 Å². The maximum absolute atomic E-state index is 13.2. The van der Waals surface area contributed by atoms with Crippen molar-refractivity contribution in [1.29, 1.82) is 5.26 Å². The Bertz CT molecular complexity index is 725. The van der Waals surface area contributed by atoms with Crippen LogP contribution in [0.25, 0.3) is 0 Å². The summed E-state index contributed by atoms with van der Waals surface area (Å²) < 4.78 is 39.6. The highest BCUT2D eigenvalue weighted by molar-refractivity contribution is 5.80. The number of nitrogens with zero attached hydrogens (tertiary/aromatic N) is 3. The van der Waals surface area contributed by atoms with Crippen LogP contribution >= 0.6 is 0 Å². The maximum Gasteiger partial charge on any atom is 0.417 e. The zero-order valence-electron chi connectivity index (χ0n) is 14.2. The number of carbonyl (C=O) groups excluding carboxylic acids is 1. The van der Waals surface area contributed by atoms with E-state index in [0.29, 0.717) is 18.8 Å². The number of alkyl halides is 3. The number of halogens is 3. The molecule has 0 radical (unpaired) electrons. The summed E-state index contributed by atoms with van der Waals surface area (Å²) >= 11 is 0. The molecular weight excluding hydrogens is 347 g/mol. The van der Waals surface area contributed by atoms with Gasteiger partial charge >= 0.3 is 6.18 Å². The number of aliphatic hydroxyl groups excluding tert-OH is 1. The summed E-state index contributed by atoms with van der Waals surface area (Å²) in [6.45, 7) is 0.767. The summed E-state index contributed by atoms with van der Waals surface area (Å²) in [4.78, 5) is 15.8. The molecule has 2 fully saturated rings. The van der Waals surface area contributed by atoms with Crippen molar-refractivity contribution in [3.05, 3.63) is 29.3 Å². The number of carbonyl (C=O) groups is 1. The van der Waals surface area contributed by atoms with Crippen molar-refractivity contribution in [2.75, 3.05) is 31.1 Å². The van der Waals surface area contributed by atoms with Crippen LogP contribution in [-0.2, 0) is 11.0 Å². The molecule has 0 bridgehead atoms. The van der Waals surface area contributed by atoms with Crippen molar-refractivity contribution >= 4 is 11.6 Å². The molecule has 1 aromatic carbocycles. The number of aliphatic hydroxyl groups is 1. The van der Waals surface area contributed by atoms with Crippen LogP contribution in [0.2, 0.25) is 0 Å². The minimum absolute atomic E-state index is 0.0487. The van der Waals surface area contributed by atoms with E-state index in [9.17, 15) is 23.1 Å². The fourth-order valence-electron chi connectivity index (χ4n) is 3.51. The smallest absolute Gasteiger partial charge is 0.394 e. The van der Waals surface area contributed by atoms with Crippen LogP contribution in [0.4, 0.5) is 18.9 Å². The molecule has 5 nitrogen and oxygen atoms in total. The highest BCUT2D eigenvalue weighted by atomic mass is 19.4. The van der Waals surface area contributed by atoms with Crippen LogP contribution < -0.4 is 4.90 Å². The number of amides is 1. The van der Waals surface area contributed by atoms with Crippen molar-refractivity contribution in [1.82, 2.24) is 4.90 Å². The number of hydrogen-bond acceptors (Lipinski definition) is 4. The average Bonchev–Trinajstić information content (AvgIpc) is 2.58. The summed E-state index contributed by atoms with van der Waals surface area (Å²) in [6.07, 6.45) is -1.82. The minimum atomic E-state index is -4.63. The van der Waals surface area contributed by atoms with Crippen molar-refractivity contribution in [3.8, 4) is 6.07 Å². The number of anilines is 1. The molecule has 1 saturated carbocycles. The molecule has 3 rings (SSSR count). The standard InChI is InChI=1S/C18H20F3N3O2/c19-18(20,21)16-8-14(5-4-13(16)9-22)24-7-6-23(10-15(24)11-25)17(26)12-2-1-3-12/h4-5,8,12,15,25H,1-3,6-7,10-11H2. The molecule has 140 valence electrons. The van der Waals surface area contributed by atoms with Gasteiger partial charge in [0.15, 0.2) is 0 Å². The molecule has 0 aromatic heterocycles. The topological polar surface area (TPSA) is 67.6 Å². The second-order valence-corrected chi connectivity index (χ2v) is 6.78. The number of hydrogen-bond donors (Lipinski definition) is 1. The Balaban J connectivity index is 1.81. The highest BCUT2D eigenvalue weighted by Gasteiger charge is 2.37. The van der Waals surface area contributed by atoms with Crippen LogP contribution in [0.3, 0.4) is 0 Å². The molecule has 1 aromatic rings. The van der Waals surface area contributed by atoms with Gasteiger partial charge in [0.25, 0.3) is 0 Å². The zero-order chi connectivity index (χ0) is 18.9. The van der Waals surface area contributed by atoms with Gasteiger partial charge in [0.1, 0.15) is 0 Å². The molecular formula is C18H20F3N3O2. The van der Waals surface area contributed by atoms with Crippen molar-refractivity contribution in [3.63, 3.8) is 0 Å². The number of piperazine rings is 1. The lowest BCUT2D eigenvalue weighted by atomic mass is 9.84. The second-order valence-electron chi connectivity index (χ2n) is 6.78. The predicted molar refractivity (Wildman–Crippen MR) is 88.3 cm³/mol. The molecule has 8 heteroatoms. The summed E-state index contributed by atoms with van der Waals surface area (Å²) in [5.41, 5.74) is -1.12. The Labute approximate surface area is 149 Å². The lowest BCUT2D eigenvalue weighted by Gasteiger charge is -2.44. The van der Waals surface area contributed by atoms with Gasteiger partial charge in [-0.3, -0.25) is 4.79 Å². The molecule has 1 heterocycles. The lowest BCUT2D eigenvalue weighted by Crippen LogP contribution is -2.57. The Morgan fingerprint density at radius 1 is 1.31 bits per heavy atom.